The van der Waals surface area contributed by atoms with Crippen LogP contribution in [-0.4, -0.2) is 50.4 Å². The van der Waals surface area contributed by atoms with Gasteiger partial charge in [0.15, 0.2) is 5.65 Å². The summed E-state index contributed by atoms with van der Waals surface area (Å²) < 4.78 is 0. The second-order valence-electron chi connectivity index (χ2n) is 5.11. The number of rotatable bonds is 4. The number of primary amides is 1. The molecule has 0 unspecified atom stereocenters. The van der Waals surface area contributed by atoms with Gasteiger partial charge in [-0.2, -0.15) is 0 Å². The Morgan fingerprint density at radius 3 is 2.85 bits per heavy atom. The molecular weight excluding hydrogens is 256 g/mol. The topological polar surface area (TPSA) is 101 Å². The van der Waals surface area contributed by atoms with E-state index in [1.165, 1.54) is 19.3 Å². The summed E-state index contributed by atoms with van der Waals surface area (Å²) in [5, 5.41) is 0. The molecule has 0 spiro atoms. The summed E-state index contributed by atoms with van der Waals surface area (Å²) in [4.78, 5) is 29.1. The smallest absolute Gasteiger partial charge is 0.286 e. The minimum absolute atomic E-state index is 0.0400. The van der Waals surface area contributed by atoms with E-state index in [0.29, 0.717) is 5.65 Å². The van der Waals surface area contributed by atoms with E-state index in [-0.39, 0.29) is 5.82 Å². The van der Waals surface area contributed by atoms with E-state index in [1.54, 1.807) is 6.33 Å². The molecule has 1 aliphatic rings. The standard InChI is InChI=1S/C13H18N6O/c14-11(20)13-17-9(10-12(18-13)16-8-15-10)4-7-19-5-2-1-3-6-19/h8H,1-7H2,(H2,14,20)(H,15,16,17,18). The van der Waals surface area contributed by atoms with Gasteiger partial charge in [0.2, 0.25) is 5.82 Å². The summed E-state index contributed by atoms with van der Waals surface area (Å²) in [6.45, 7) is 3.21. The molecular formula is C13H18N6O. The zero-order valence-corrected chi connectivity index (χ0v) is 11.3. The second kappa shape index (κ2) is 5.54. The highest BCUT2D eigenvalue weighted by Gasteiger charge is 2.15. The molecule has 3 N–H and O–H groups in total. The van der Waals surface area contributed by atoms with Gasteiger partial charge in [-0.1, -0.05) is 6.42 Å². The Morgan fingerprint density at radius 1 is 1.30 bits per heavy atom. The largest absolute Gasteiger partial charge is 0.363 e. The van der Waals surface area contributed by atoms with Gasteiger partial charge in [-0.15, -0.1) is 0 Å². The van der Waals surface area contributed by atoms with Crippen molar-refractivity contribution in [1.29, 1.82) is 0 Å². The molecule has 0 saturated carbocycles. The molecule has 7 heteroatoms. The number of hydrogen-bond donors (Lipinski definition) is 2. The Morgan fingerprint density at radius 2 is 2.10 bits per heavy atom. The molecule has 1 saturated heterocycles. The first-order valence-electron chi connectivity index (χ1n) is 6.96. The molecule has 1 fully saturated rings. The molecule has 0 aromatic carbocycles. The molecule has 0 bridgehead atoms. The van der Waals surface area contributed by atoms with E-state index in [9.17, 15) is 4.79 Å². The van der Waals surface area contributed by atoms with Crippen LogP contribution in [-0.2, 0) is 6.42 Å². The summed E-state index contributed by atoms with van der Waals surface area (Å²) in [6, 6.07) is 0. The molecule has 7 nitrogen and oxygen atoms in total. The fraction of sp³-hybridized carbons (Fsp3) is 0.538. The maximum atomic E-state index is 11.3. The van der Waals surface area contributed by atoms with Crippen LogP contribution in [0.15, 0.2) is 6.33 Å². The van der Waals surface area contributed by atoms with Gasteiger partial charge in [-0.05, 0) is 25.9 Å². The fourth-order valence-corrected chi connectivity index (χ4v) is 2.63. The number of nitrogens with one attached hydrogen (secondary N) is 1. The van der Waals surface area contributed by atoms with E-state index >= 15 is 0 Å². The predicted molar refractivity (Wildman–Crippen MR) is 74.2 cm³/mol. The number of aromatic amines is 1. The van der Waals surface area contributed by atoms with Crippen molar-refractivity contribution in [3.05, 3.63) is 17.8 Å². The SMILES string of the molecule is NC(=O)c1nc(CCN2CCCCC2)c2[nH]cnc2n1. The summed E-state index contributed by atoms with van der Waals surface area (Å²) >= 11 is 0. The Hall–Kier alpha value is -2.02. The van der Waals surface area contributed by atoms with Crippen molar-refractivity contribution < 1.29 is 4.79 Å². The summed E-state index contributed by atoms with van der Waals surface area (Å²) in [5.74, 6) is -0.577. The maximum absolute atomic E-state index is 11.3. The molecule has 20 heavy (non-hydrogen) atoms. The van der Waals surface area contributed by atoms with Gasteiger partial charge in [-0.3, -0.25) is 4.79 Å². The predicted octanol–water partition coefficient (Wildman–Crippen LogP) is 0.480. The van der Waals surface area contributed by atoms with E-state index in [1.807, 2.05) is 0 Å². The van der Waals surface area contributed by atoms with Crippen LogP contribution < -0.4 is 5.73 Å². The van der Waals surface area contributed by atoms with Gasteiger partial charge in [0.05, 0.1) is 12.0 Å². The highest BCUT2D eigenvalue weighted by Crippen LogP contribution is 2.14. The van der Waals surface area contributed by atoms with Crippen LogP contribution in [0.4, 0.5) is 0 Å². The molecule has 106 valence electrons. The van der Waals surface area contributed by atoms with Crippen LogP contribution in [0.1, 0.15) is 35.6 Å². The number of hydrogen-bond acceptors (Lipinski definition) is 5. The molecule has 1 aliphatic heterocycles. The lowest BCUT2D eigenvalue weighted by Crippen LogP contribution is -2.31. The third-order valence-electron chi connectivity index (χ3n) is 3.69. The molecule has 1 amide bonds. The molecule has 0 atom stereocenters. The first-order chi connectivity index (χ1) is 9.74. The van der Waals surface area contributed by atoms with Crippen LogP contribution in [0.25, 0.3) is 11.2 Å². The van der Waals surface area contributed by atoms with Crippen molar-refractivity contribution in [2.45, 2.75) is 25.7 Å². The third kappa shape index (κ3) is 2.62. The summed E-state index contributed by atoms with van der Waals surface area (Å²) in [5.41, 5.74) is 7.38. The summed E-state index contributed by atoms with van der Waals surface area (Å²) in [7, 11) is 0. The third-order valence-corrected chi connectivity index (χ3v) is 3.69. The molecule has 0 radical (unpaired) electrons. The zero-order valence-electron chi connectivity index (χ0n) is 11.3. The Balaban J connectivity index is 1.81. The van der Waals surface area contributed by atoms with Crippen molar-refractivity contribution >= 4 is 17.1 Å². The molecule has 0 aliphatic carbocycles. The van der Waals surface area contributed by atoms with Gasteiger partial charge < -0.3 is 15.6 Å². The lowest BCUT2D eigenvalue weighted by molar-refractivity contribution is 0.0990. The molecule has 2 aromatic rings. The molecule has 3 heterocycles. The number of H-pyrrole nitrogens is 1. The van der Waals surface area contributed by atoms with Gasteiger partial charge in [0, 0.05) is 13.0 Å². The Bertz CT molecular complexity index is 616. The van der Waals surface area contributed by atoms with Crippen molar-refractivity contribution in [3.8, 4) is 0 Å². The number of fused-ring (bicyclic) bond motifs is 1. The van der Waals surface area contributed by atoms with Crippen molar-refractivity contribution in [2.24, 2.45) is 5.73 Å². The number of nitrogens with two attached hydrogens (primary N) is 1. The van der Waals surface area contributed by atoms with Crippen molar-refractivity contribution in [1.82, 2.24) is 24.8 Å². The number of likely N-dealkylation sites (tertiary alicyclic amines) is 1. The normalized spacial score (nSPS) is 16.6. The number of nitrogens with zero attached hydrogens (tertiary/aromatic N) is 4. The first kappa shape index (κ1) is 13.0. The minimum Gasteiger partial charge on any atom is -0.363 e. The minimum atomic E-state index is -0.617. The highest BCUT2D eigenvalue weighted by molar-refractivity contribution is 5.90. The Labute approximate surface area is 116 Å². The van der Waals surface area contributed by atoms with Gasteiger partial charge in [0.1, 0.15) is 5.52 Å². The van der Waals surface area contributed by atoms with Gasteiger partial charge >= 0.3 is 0 Å². The van der Waals surface area contributed by atoms with Gasteiger partial charge in [-0.25, -0.2) is 15.0 Å². The average Bonchev–Trinajstić information content (AvgIpc) is 2.94. The second-order valence-corrected chi connectivity index (χ2v) is 5.11. The monoisotopic (exact) mass is 274 g/mol. The van der Waals surface area contributed by atoms with Crippen LogP contribution >= 0.6 is 0 Å². The fourth-order valence-electron chi connectivity index (χ4n) is 2.63. The number of imidazole rings is 1. The van der Waals surface area contributed by atoms with Gasteiger partial charge in [0.25, 0.3) is 5.91 Å². The quantitative estimate of drug-likeness (QED) is 0.844. The zero-order chi connectivity index (χ0) is 13.9. The highest BCUT2D eigenvalue weighted by atomic mass is 16.1. The van der Waals surface area contributed by atoms with Crippen molar-refractivity contribution in [3.63, 3.8) is 0 Å². The number of piperidine rings is 1. The Kier molecular flexibility index (Phi) is 3.60. The van der Waals surface area contributed by atoms with E-state index < -0.39 is 5.91 Å². The van der Waals surface area contributed by atoms with Crippen LogP contribution in [0.2, 0.25) is 0 Å². The van der Waals surface area contributed by atoms with E-state index in [2.05, 4.69) is 24.8 Å². The van der Waals surface area contributed by atoms with Crippen molar-refractivity contribution in [2.75, 3.05) is 19.6 Å². The maximum Gasteiger partial charge on any atom is 0.286 e. The lowest BCUT2D eigenvalue weighted by Gasteiger charge is -2.26. The lowest BCUT2D eigenvalue weighted by atomic mass is 10.1. The molecule has 2 aromatic heterocycles. The van der Waals surface area contributed by atoms with Crippen LogP contribution in [0.5, 0.6) is 0 Å². The number of carbonyl (C=O) groups excluding carboxylic acids is 1. The summed E-state index contributed by atoms with van der Waals surface area (Å²) in [6.07, 6.45) is 6.17. The number of amides is 1. The number of carbonyl (C=O) groups is 1. The number of aromatic nitrogens is 4. The van der Waals surface area contributed by atoms with Crippen LogP contribution in [0.3, 0.4) is 0 Å². The van der Waals surface area contributed by atoms with E-state index in [0.717, 1.165) is 37.3 Å². The molecule has 3 rings (SSSR count). The first-order valence-corrected chi connectivity index (χ1v) is 6.96. The van der Waals surface area contributed by atoms with E-state index in [4.69, 9.17) is 5.73 Å². The average molecular weight is 274 g/mol. The van der Waals surface area contributed by atoms with Crippen LogP contribution in [0, 0.1) is 0 Å².